The van der Waals surface area contributed by atoms with E-state index in [0.717, 1.165) is 36.3 Å². The van der Waals surface area contributed by atoms with Gasteiger partial charge in [0.05, 0.1) is 12.9 Å². The molecule has 0 aliphatic heterocycles. The molecule has 0 fully saturated rings. The molecule has 118 valence electrons. The lowest BCUT2D eigenvalue weighted by Crippen LogP contribution is -2.23. The molecule has 1 aromatic heterocycles. The largest absolute Gasteiger partial charge is 0.494 e. The van der Waals surface area contributed by atoms with Crippen molar-refractivity contribution in [1.82, 2.24) is 9.97 Å². The van der Waals surface area contributed by atoms with Gasteiger partial charge in [-0.05, 0) is 43.9 Å². The number of Topliss-reactive ketones (excluding diaryl/α,β-unsaturated/α-hetero) is 1. The van der Waals surface area contributed by atoms with E-state index in [-0.39, 0.29) is 11.2 Å². The van der Waals surface area contributed by atoms with Crippen LogP contribution >= 0.6 is 0 Å². The van der Waals surface area contributed by atoms with Crippen LogP contribution in [0.3, 0.4) is 0 Å². The van der Waals surface area contributed by atoms with E-state index < -0.39 is 0 Å². The van der Waals surface area contributed by atoms with Crippen LogP contribution in [0.4, 0.5) is 0 Å². The average molecular weight is 300 g/mol. The SMILES string of the molecule is CC(=O)C(C)(C)Cc1ccc(OCCCc2cnc[nH]2)cc1. The van der Waals surface area contributed by atoms with Gasteiger partial charge < -0.3 is 9.72 Å². The molecule has 0 radical (unpaired) electrons. The number of nitrogens with one attached hydrogen (secondary N) is 1. The molecule has 4 heteroatoms. The molecule has 2 aromatic rings. The van der Waals surface area contributed by atoms with Crippen LogP contribution in [-0.2, 0) is 17.6 Å². The van der Waals surface area contributed by atoms with E-state index in [2.05, 4.69) is 9.97 Å². The van der Waals surface area contributed by atoms with E-state index in [1.54, 1.807) is 13.3 Å². The Balaban J connectivity index is 1.78. The number of H-pyrrole nitrogens is 1. The maximum atomic E-state index is 11.6. The first-order valence-corrected chi connectivity index (χ1v) is 7.67. The standard InChI is InChI=1S/C18H24N2O2/c1-14(21)18(2,3)11-15-6-8-17(9-7-15)22-10-4-5-16-12-19-13-20-16/h6-9,12-13H,4-5,10-11H2,1-3H3,(H,19,20). The average Bonchev–Trinajstić information content (AvgIpc) is 2.98. The maximum absolute atomic E-state index is 11.6. The smallest absolute Gasteiger partial charge is 0.135 e. The molecule has 0 saturated carbocycles. The fraction of sp³-hybridized carbons (Fsp3) is 0.444. The molecule has 0 saturated heterocycles. The van der Waals surface area contributed by atoms with Crippen molar-refractivity contribution in [3.8, 4) is 5.75 Å². The van der Waals surface area contributed by atoms with Crippen LogP contribution in [0.25, 0.3) is 0 Å². The second-order valence-electron chi connectivity index (χ2n) is 6.29. The van der Waals surface area contributed by atoms with Gasteiger partial charge in [0, 0.05) is 17.3 Å². The number of ether oxygens (including phenoxy) is 1. The van der Waals surface area contributed by atoms with Crippen molar-refractivity contribution in [2.75, 3.05) is 6.61 Å². The molecule has 2 rings (SSSR count). The zero-order valence-electron chi connectivity index (χ0n) is 13.6. The van der Waals surface area contributed by atoms with Crippen molar-refractivity contribution in [2.45, 2.75) is 40.0 Å². The summed E-state index contributed by atoms with van der Waals surface area (Å²) in [4.78, 5) is 18.6. The maximum Gasteiger partial charge on any atom is 0.135 e. The molecule has 1 N–H and O–H groups in total. The number of hydrogen-bond acceptors (Lipinski definition) is 3. The lowest BCUT2D eigenvalue weighted by molar-refractivity contribution is -0.124. The third-order valence-electron chi connectivity index (χ3n) is 3.94. The Labute approximate surface area is 131 Å². The van der Waals surface area contributed by atoms with Crippen molar-refractivity contribution in [2.24, 2.45) is 5.41 Å². The third-order valence-corrected chi connectivity index (χ3v) is 3.94. The topological polar surface area (TPSA) is 55.0 Å². The number of ketones is 1. The Kier molecular flexibility index (Phi) is 5.36. The van der Waals surface area contributed by atoms with E-state index >= 15 is 0 Å². The first-order valence-electron chi connectivity index (χ1n) is 7.67. The Morgan fingerprint density at radius 1 is 1.27 bits per heavy atom. The molecule has 0 amide bonds. The van der Waals surface area contributed by atoms with Crippen LogP contribution in [0, 0.1) is 5.41 Å². The molecule has 0 spiro atoms. The summed E-state index contributed by atoms with van der Waals surface area (Å²) in [5, 5.41) is 0. The molecule has 0 bridgehead atoms. The lowest BCUT2D eigenvalue weighted by atomic mass is 9.82. The van der Waals surface area contributed by atoms with Crippen molar-refractivity contribution in [1.29, 1.82) is 0 Å². The van der Waals surface area contributed by atoms with Gasteiger partial charge in [-0.1, -0.05) is 26.0 Å². The number of carbonyl (C=O) groups is 1. The second kappa shape index (κ2) is 7.25. The molecule has 1 aromatic carbocycles. The Morgan fingerprint density at radius 3 is 2.59 bits per heavy atom. The van der Waals surface area contributed by atoms with Crippen molar-refractivity contribution in [3.05, 3.63) is 48.0 Å². The highest BCUT2D eigenvalue weighted by Gasteiger charge is 2.23. The van der Waals surface area contributed by atoms with E-state index in [1.165, 1.54) is 0 Å². The summed E-state index contributed by atoms with van der Waals surface area (Å²) in [5.41, 5.74) is 1.97. The second-order valence-corrected chi connectivity index (χ2v) is 6.29. The van der Waals surface area contributed by atoms with Gasteiger partial charge in [-0.2, -0.15) is 0 Å². The monoisotopic (exact) mass is 300 g/mol. The number of hydrogen-bond donors (Lipinski definition) is 1. The van der Waals surface area contributed by atoms with Crippen molar-refractivity contribution < 1.29 is 9.53 Å². The van der Waals surface area contributed by atoms with Gasteiger partial charge in [0.25, 0.3) is 0 Å². The van der Waals surface area contributed by atoms with Gasteiger partial charge in [0.2, 0.25) is 0 Å². The van der Waals surface area contributed by atoms with Gasteiger partial charge in [-0.3, -0.25) is 4.79 Å². The molecule has 0 aliphatic carbocycles. The number of aryl methyl sites for hydroxylation is 1. The number of aromatic amines is 1. The Hall–Kier alpha value is -2.10. The van der Waals surface area contributed by atoms with Crippen LogP contribution in [-0.4, -0.2) is 22.4 Å². The normalized spacial score (nSPS) is 11.4. The van der Waals surface area contributed by atoms with Gasteiger partial charge in [-0.25, -0.2) is 4.98 Å². The summed E-state index contributed by atoms with van der Waals surface area (Å²) < 4.78 is 5.74. The lowest BCUT2D eigenvalue weighted by Gasteiger charge is -2.21. The van der Waals surface area contributed by atoms with Crippen molar-refractivity contribution in [3.63, 3.8) is 0 Å². The highest BCUT2D eigenvalue weighted by molar-refractivity contribution is 5.81. The minimum atomic E-state index is -0.313. The van der Waals surface area contributed by atoms with E-state index in [1.807, 2.05) is 44.3 Å². The molecule has 22 heavy (non-hydrogen) atoms. The first kappa shape index (κ1) is 16.3. The molecule has 1 heterocycles. The minimum Gasteiger partial charge on any atom is -0.494 e. The summed E-state index contributed by atoms with van der Waals surface area (Å²) in [6.45, 7) is 6.29. The molecule has 4 nitrogen and oxygen atoms in total. The minimum absolute atomic E-state index is 0.214. The van der Waals surface area contributed by atoms with E-state index in [4.69, 9.17) is 4.74 Å². The fourth-order valence-electron chi connectivity index (χ4n) is 2.21. The number of rotatable bonds is 8. The summed E-state index contributed by atoms with van der Waals surface area (Å²) in [6, 6.07) is 8.02. The van der Waals surface area contributed by atoms with E-state index in [9.17, 15) is 4.79 Å². The van der Waals surface area contributed by atoms with Crippen LogP contribution in [0.5, 0.6) is 5.75 Å². The van der Waals surface area contributed by atoms with Gasteiger partial charge in [-0.15, -0.1) is 0 Å². The van der Waals surface area contributed by atoms with Gasteiger partial charge in [0.15, 0.2) is 0 Å². The van der Waals surface area contributed by atoms with Crippen LogP contribution in [0.15, 0.2) is 36.8 Å². The quantitative estimate of drug-likeness (QED) is 0.758. The number of benzene rings is 1. The number of aromatic nitrogens is 2. The molecular formula is C18H24N2O2. The van der Waals surface area contributed by atoms with Gasteiger partial charge in [0.1, 0.15) is 11.5 Å². The Bertz CT molecular complexity index is 586. The number of nitrogens with zero attached hydrogens (tertiary/aromatic N) is 1. The molecule has 0 atom stereocenters. The molecule has 0 unspecified atom stereocenters. The highest BCUT2D eigenvalue weighted by atomic mass is 16.5. The predicted octanol–water partition coefficient (Wildman–Crippen LogP) is 3.58. The molecule has 0 aliphatic rings. The highest BCUT2D eigenvalue weighted by Crippen LogP contribution is 2.24. The third kappa shape index (κ3) is 4.72. The molecular weight excluding hydrogens is 276 g/mol. The van der Waals surface area contributed by atoms with Crippen molar-refractivity contribution >= 4 is 5.78 Å². The number of carbonyl (C=O) groups excluding carboxylic acids is 1. The predicted molar refractivity (Wildman–Crippen MR) is 87.0 cm³/mol. The van der Waals surface area contributed by atoms with Gasteiger partial charge >= 0.3 is 0 Å². The van der Waals surface area contributed by atoms with Crippen LogP contribution in [0.2, 0.25) is 0 Å². The zero-order valence-corrected chi connectivity index (χ0v) is 13.6. The zero-order chi connectivity index (χ0) is 16.0. The first-order chi connectivity index (χ1) is 10.5. The summed E-state index contributed by atoms with van der Waals surface area (Å²) in [7, 11) is 0. The fourth-order valence-corrected chi connectivity index (χ4v) is 2.21. The van der Waals surface area contributed by atoms with E-state index in [0.29, 0.717) is 6.61 Å². The summed E-state index contributed by atoms with van der Waals surface area (Å²) in [5.74, 6) is 1.08. The summed E-state index contributed by atoms with van der Waals surface area (Å²) in [6.07, 6.45) is 6.16. The number of imidazole rings is 1. The van der Waals surface area contributed by atoms with Crippen LogP contribution in [0.1, 0.15) is 38.4 Å². The van der Waals surface area contributed by atoms with Crippen LogP contribution < -0.4 is 4.74 Å². The Morgan fingerprint density at radius 2 is 2.00 bits per heavy atom. The summed E-state index contributed by atoms with van der Waals surface area (Å²) >= 11 is 0.